The zero-order valence-electron chi connectivity index (χ0n) is 15.5. The van der Waals surface area contributed by atoms with Crippen LogP contribution in [0, 0.1) is 0 Å². The number of rotatable bonds is 6. The first kappa shape index (κ1) is 17.7. The highest BCUT2D eigenvalue weighted by Crippen LogP contribution is 2.19. The molecular weight excluding hydrogens is 346 g/mol. The molecule has 1 heterocycles. The molecule has 0 fully saturated rings. The van der Waals surface area contributed by atoms with Crippen molar-refractivity contribution in [3.05, 3.63) is 102 Å². The second-order valence-corrected chi connectivity index (χ2v) is 6.57. The molecule has 0 saturated carbocycles. The molecule has 1 aromatic heterocycles. The van der Waals surface area contributed by atoms with Gasteiger partial charge in [0.15, 0.2) is 0 Å². The Labute approximate surface area is 164 Å². The number of para-hydroxylation sites is 1. The number of carbonyl (C=O) groups excluding carboxylic acids is 1. The summed E-state index contributed by atoms with van der Waals surface area (Å²) in [6.07, 6.45) is 8.03. The summed E-state index contributed by atoms with van der Waals surface area (Å²) in [5.74, 6) is -0.0941. The molecular formula is C24H21N3O. The van der Waals surface area contributed by atoms with Crippen LogP contribution in [-0.2, 0) is 11.2 Å². The molecule has 4 rings (SSSR count). The molecule has 0 aliphatic heterocycles. The molecule has 138 valence electrons. The van der Waals surface area contributed by atoms with E-state index in [-0.39, 0.29) is 5.91 Å². The van der Waals surface area contributed by atoms with Crippen LogP contribution < -0.4 is 5.32 Å². The lowest BCUT2D eigenvalue weighted by atomic mass is 10.0. The van der Waals surface area contributed by atoms with Gasteiger partial charge in [0.1, 0.15) is 0 Å². The minimum Gasteiger partial charge on any atom is -0.352 e. The van der Waals surface area contributed by atoms with Gasteiger partial charge in [0.25, 0.3) is 0 Å². The first-order chi connectivity index (χ1) is 13.8. The van der Waals surface area contributed by atoms with Gasteiger partial charge in [-0.25, -0.2) is 4.68 Å². The Kier molecular flexibility index (Phi) is 5.29. The van der Waals surface area contributed by atoms with Crippen LogP contribution in [0.15, 0.2) is 91.3 Å². The van der Waals surface area contributed by atoms with Gasteiger partial charge < -0.3 is 5.32 Å². The first-order valence-corrected chi connectivity index (χ1v) is 9.32. The van der Waals surface area contributed by atoms with E-state index in [2.05, 4.69) is 28.6 Å². The largest absolute Gasteiger partial charge is 0.352 e. The molecule has 1 N–H and O–H groups in total. The Balaban J connectivity index is 1.32. The molecule has 0 saturated heterocycles. The normalized spacial score (nSPS) is 11.1. The van der Waals surface area contributed by atoms with Gasteiger partial charge in [-0.3, -0.25) is 4.79 Å². The molecule has 0 aliphatic carbocycles. The predicted octanol–water partition coefficient (Wildman–Crippen LogP) is 4.40. The maximum atomic E-state index is 12.2. The molecule has 0 radical (unpaired) electrons. The number of aromatic nitrogens is 2. The van der Waals surface area contributed by atoms with Gasteiger partial charge in [-0.1, -0.05) is 60.7 Å². The quantitative estimate of drug-likeness (QED) is 0.514. The van der Waals surface area contributed by atoms with Gasteiger partial charge in [-0.2, -0.15) is 5.10 Å². The van der Waals surface area contributed by atoms with Crippen molar-refractivity contribution in [2.24, 2.45) is 0 Å². The van der Waals surface area contributed by atoms with E-state index < -0.39 is 0 Å². The Hall–Kier alpha value is -3.66. The maximum absolute atomic E-state index is 12.2. The molecule has 0 spiro atoms. The van der Waals surface area contributed by atoms with Crippen LogP contribution >= 0.6 is 0 Å². The molecule has 4 heteroatoms. The van der Waals surface area contributed by atoms with Crippen molar-refractivity contribution in [1.82, 2.24) is 15.1 Å². The van der Waals surface area contributed by atoms with E-state index >= 15 is 0 Å². The number of fused-ring (bicyclic) bond motifs is 1. The molecule has 0 atom stereocenters. The lowest BCUT2D eigenvalue weighted by Gasteiger charge is -2.03. The van der Waals surface area contributed by atoms with Crippen molar-refractivity contribution < 1.29 is 4.79 Å². The monoisotopic (exact) mass is 367 g/mol. The highest BCUT2D eigenvalue weighted by molar-refractivity contribution is 5.96. The molecule has 0 unspecified atom stereocenters. The van der Waals surface area contributed by atoms with Crippen LogP contribution in [0.1, 0.15) is 11.1 Å². The van der Waals surface area contributed by atoms with Crippen molar-refractivity contribution in [2.45, 2.75) is 6.42 Å². The number of nitrogens with zero attached hydrogens (tertiary/aromatic N) is 2. The second kappa shape index (κ2) is 8.35. The Bertz CT molecular complexity index is 1110. The van der Waals surface area contributed by atoms with E-state index in [9.17, 15) is 4.79 Å². The highest BCUT2D eigenvalue weighted by atomic mass is 16.1. The van der Waals surface area contributed by atoms with Crippen LogP contribution in [-0.4, -0.2) is 22.2 Å². The lowest BCUT2D eigenvalue weighted by Crippen LogP contribution is -2.23. The molecule has 3 aromatic carbocycles. The number of nitrogens with one attached hydrogen (secondary N) is 1. The standard InChI is InChI=1S/C24H21N3O/c28-24(14-13-21-9-6-8-20-7-4-5-12-23(20)21)25-16-15-19-17-26-27(18-19)22-10-2-1-3-11-22/h1-14,17-18H,15-16H2,(H,25,28)/b14-13+. The van der Waals surface area contributed by atoms with Gasteiger partial charge in [0, 0.05) is 18.8 Å². The smallest absolute Gasteiger partial charge is 0.244 e. The van der Waals surface area contributed by atoms with Gasteiger partial charge >= 0.3 is 0 Å². The van der Waals surface area contributed by atoms with E-state index in [1.807, 2.05) is 77.7 Å². The molecule has 1 amide bonds. The van der Waals surface area contributed by atoms with Crippen LogP contribution in [0.3, 0.4) is 0 Å². The Morgan fingerprint density at radius 2 is 1.75 bits per heavy atom. The Morgan fingerprint density at radius 3 is 2.64 bits per heavy atom. The average Bonchev–Trinajstić information content (AvgIpc) is 3.22. The summed E-state index contributed by atoms with van der Waals surface area (Å²) < 4.78 is 1.84. The molecule has 28 heavy (non-hydrogen) atoms. The fraction of sp³-hybridized carbons (Fsp3) is 0.0833. The van der Waals surface area contributed by atoms with Gasteiger partial charge in [0.2, 0.25) is 5.91 Å². The molecule has 0 bridgehead atoms. The van der Waals surface area contributed by atoms with E-state index in [0.29, 0.717) is 6.54 Å². The fourth-order valence-electron chi connectivity index (χ4n) is 3.16. The predicted molar refractivity (Wildman–Crippen MR) is 113 cm³/mol. The zero-order valence-corrected chi connectivity index (χ0v) is 15.5. The van der Waals surface area contributed by atoms with Crippen LogP contribution in [0.4, 0.5) is 0 Å². The number of amides is 1. The summed E-state index contributed by atoms with van der Waals surface area (Å²) >= 11 is 0. The van der Waals surface area contributed by atoms with Gasteiger partial charge in [0.05, 0.1) is 11.9 Å². The third-order valence-corrected chi connectivity index (χ3v) is 4.61. The Morgan fingerprint density at radius 1 is 0.964 bits per heavy atom. The van der Waals surface area contributed by atoms with Crippen LogP contribution in [0.25, 0.3) is 22.5 Å². The van der Waals surface area contributed by atoms with Crippen LogP contribution in [0.2, 0.25) is 0 Å². The van der Waals surface area contributed by atoms with E-state index in [0.717, 1.165) is 28.6 Å². The fourth-order valence-corrected chi connectivity index (χ4v) is 3.16. The van der Waals surface area contributed by atoms with Crippen molar-refractivity contribution in [3.8, 4) is 5.69 Å². The van der Waals surface area contributed by atoms with Crippen LogP contribution in [0.5, 0.6) is 0 Å². The van der Waals surface area contributed by atoms with E-state index in [1.54, 1.807) is 6.08 Å². The first-order valence-electron chi connectivity index (χ1n) is 9.32. The van der Waals surface area contributed by atoms with Gasteiger partial charge in [-0.15, -0.1) is 0 Å². The van der Waals surface area contributed by atoms with E-state index in [1.165, 1.54) is 5.39 Å². The summed E-state index contributed by atoms with van der Waals surface area (Å²) in [5, 5.41) is 9.62. The third-order valence-electron chi connectivity index (χ3n) is 4.61. The number of hydrogen-bond donors (Lipinski definition) is 1. The second-order valence-electron chi connectivity index (χ2n) is 6.57. The molecule has 4 aromatic rings. The minimum absolute atomic E-state index is 0.0941. The number of benzene rings is 3. The number of carbonyl (C=O) groups is 1. The summed E-state index contributed by atoms with van der Waals surface area (Å²) in [4.78, 5) is 12.2. The minimum atomic E-state index is -0.0941. The summed E-state index contributed by atoms with van der Waals surface area (Å²) in [6.45, 7) is 0.569. The average molecular weight is 367 g/mol. The summed E-state index contributed by atoms with van der Waals surface area (Å²) in [7, 11) is 0. The maximum Gasteiger partial charge on any atom is 0.244 e. The van der Waals surface area contributed by atoms with Crippen molar-refractivity contribution in [2.75, 3.05) is 6.54 Å². The summed E-state index contributed by atoms with van der Waals surface area (Å²) in [5.41, 5.74) is 3.15. The SMILES string of the molecule is O=C(/C=C/c1cccc2ccccc12)NCCc1cnn(-c2ccccc2)c1. The van der Waals surface area contributed by atoms with Crippen molar-refractivity contribution in [3.63, 3.8) is 0 Å². The molecule has 4 nitrogen and oxygen atoms in total. The van der Waals surface area contributed by atoms with Crippen molar-refractivity contribution in [1.29, 1.82) is 0 Å². The highest BCUT2D eigenvalue weighted by Gasteiger charge is 2.02. The summed E-state index contributed by atoms with van der Waals surface area (Å²) in [6, 6.07) is 24.2. The topological polar surface area (TPSA) is 46.9 Å². The lowest BCUT2D eigenvalue weighted by molar-refractivity contribution is -0.116. The number of hydrogen-bond acceptors (Lipinski definition) is 2. The van der Waals surface area contributed by atoms with Gasteiger partial charge in [-0.05, 0) is 46.5 Å². The van der Waals surface area contributed by atoms with Crippen molar-refractivity contribution >= 4 is 22.8 Å². The third kappa shape index (κ3) is 4.18. The van der Waals surface area contributed by atoms with E-state index in [4.69, 9.17) is 0 Å². The molecule has 0 aliphatic rings. The zero-order chi connectivity index (χ0) is 19.2.